The van der Waals surface area contributed by atoms with Crippen molar-refractivity contribution in [3.05, 3.63) is 88.3 Å². The Labute approximate surface area is 204 Å². The molecule has 2 aliphatic heterocycles. The van der Waals surface area contributed by atoms with E-state index in [2.05, 4.69) is 0 Å². The van der Waals surface area contributed by atoms with Crippen LogP contribution in [0.25, 0.3) is 6.08 Å². The fraction of sp³-hybridized carbons (Fsp3) is 0.0417. The van der Waals surface area contributed by atoms with Gasteiger partial charge in [0.2, 0.25) is 0 Å². The Bertz CT molecular complexity index is 1290. The second kappa shape index (κ2) is 8.75. The Morgan fingerprint density at radius 2 is 1.66 bits per heavy atom. The lowest BCUT2D eigenvalue weighted by molar-refractivity contribution is -0.127. The van der Waals surface area contributed by atoms with E-state index in [9.17, 15) is 9.59 Å². The van der Waals surface area contributed by atoms with Crippen molar-refractivity contribution in [3.8, 4) is 0 Å². The van der Waals surface area contributed by atoms with Crippen LogP contribution in [0.4, 0.5) is 11.4 Å². The molecule has 0 aromatic heterocycles. The highest BCUT2D eigenvalue weighted by molar-refractivity contribution is 8.26. The van der Waals surface area contributed by atoms with E-state index in [1.165, 1.54) is 16.7 Å². The molecule has 4 nitrogen and oxygen atoms in total. The molecule has 1 fully saturated rings. The van der Waals surface area contributed by atoms with Gasteiger partial charge >= 0.3 is 0 Å². The van der Waals surface area contributed by atoms with Crippen LogP contribution in [0.3, 0.4) is 0 Å². The van der Waals surface area contributed by atoms with Crippen molar-refractivity contribution >= 4 is 80.9 Å². The predicted molar refractivity (Wildman–Crippen MR) is 135 cm³/mol. The lowest BCUT2D eigenvalue weighted by Crippen LogP contribution is -2.41. The minimum Gasteiger partial charge on any atom is -0.283 e. The van der Waals surface area contributed by atoms with Gasteiger partial charge < -0.3 is 0 Å². The first-order valence-electron chi connectivity index (χ1n) is 9.71. The SMILES string of the molecule is O=C1/C(=C/c2ccccc2)SC(=S)N1CC(=O)N1c2ccccc2Sc2ccc(Cl)cc21. The van der Waals surface area contributed by atoms with Gasteiger partial charge in [0.05, 0.1) is 16.3 Å². The first kappa shape index (κ1) is 21.3. The Balaban J connectivity index is 1.46. The monoisotopic (exact) mass is 494 g/mol. The third kappa shape index (κ3) is 3.97. The number of amides is 2. The van der Waals surface area contributed by atoms with Crippen LogP contribution in [0.1, 0.15) is 5.56 Å². The summed E-state index contributed by atoms with van der Waals surface area (Å²) in [6.07, 6.45) is 1.80. The first-order valence-corrected chi connectivity index (χ1v) is 12.1. The second-order valence-corrected chi connectivity index (χ2v) is 10.3. The second-order valence-electron chi connectivity index (χ2n) is 7.09. The zero-order valence-electron chi connectivity index (χ0n) is 16.5. The summed E-state index contributed by atoms with van der Waals surface area (Å²) in [7, 11) is 0. The molecular formula is C24H15ClN2O2S3. The van der Waals surface area contributed by atoms with Gasteiger partial charge in [-0.1, -0.05) is 89.8 Å². The minimum absolute atomic E-state index is 0.151. The maximum atomic E-state index is 13.5. The van der Waals surface area contributed by atoms with E-state index in [-0.39, 0.29) is 18.4 Å². The number of para-hydroxylation sites is 1. The molecule has 32 heavy (non-hydrogen) atoms. The van der Waals surface area contributed by atoms with Crippen molar-refractivity contribution in [2.24, 2.45) is 0 Å². The molecular weight excluding hydrogens is 480 g/mol. The van der Waals surface area contributed by atoms with Crippen molar-refractivity contribution in [2.75, 3.05) is 11.4 Å². The van der Waals surface area contributed by atoms with Gasteiger partial charge in [-0.2, -0.15) is 0 Å². The van der Waals surface area contributed by atoms with Gasteiger partial charge in [0.1, 0.15) is 10.9 Å². The Morgan fingerprint density at radius 1 is 0.938 bits per heavy atom. The molecule has 0 saturated carbocycles. The molecule has 0 atom stereocenters. The zero-order valence-corrected chi connectivity index (χ0v) is 19.7. The van der Waals surface area contributed by atoms with E-state index in [1.54, 1.807) is 34.9 Å². The summed E-state index contributed by atoms with van der Waals surface area (Å²) >= 11 is 14.5. The van der Waals surface area contributed by atoms with Crippen LogP contribution >= 0.6 is 47.3 Å². The molecule has 158 valence electrons. The van der Waals surface area contributed by atoms with Crippen molar-refractivity contribution in [2.45, 2.75) is 9.79 Å². The number of halogens is 1. The fourth-order valence-corrected chi connectivity index (χ4v) is 6.00. The van der Waals surface area contributed by atoms with Crippen LogP contribution in [0.15, 0.2) is 87.5 Å². The molecule has 0 unspecified atom stereocenters. The van der Waals surface area contributed by atoms with Gasteiger partial charge in [-0.3, -0.25) is 19.4 Å². The number of benzene rings is 3. The number of thioether (sulfide) groups is 1. The molecule has 0 aliphatic carbocycles. The van der Waals surface area contributed by atoms with Gasteiger partial charge in [0, 0.05) is 14.8 Å². The smallest absolute Gasteiger partial charge is 0.266 e. The highest BCUT2D eigenvalue weighted by atomic mass is 35.5. The van der Waals surface area contributed by atoms with Crippen molar-refractivity contribution < 1.29 is 9.59 Å². The molecule has 0 spiro atoms. The van der Waals surface area contributed by atoms with Crippen molar-refractivity contribution in [1.82, 2.24) is 4.90 Å². The standard InChI is InChI=1S/C24H15ClN2O2S3/c25-16-10-11-20-18(13-16)27(17-8-4-5-9-19(17)31-20)22(28)14-26-23(29)21(32-24(26)30)12-15-6-2-1-3-7-15/h1-13H,14H2/b21-12-. The van der Waals surface area contributed by atoms with Crippen molar-refractivity contribution in [3.63, 3.8) is 0 Å². The highest BCUT2D eigenvalue weighted by Gasteiger charge is 2.36. The summed E-state index contributed by atoms with van der Waals surface area (Å²) in [6, 6.07) is 22.7. The van der Waals surface area contributed by atoms with E-state index >= 15 is 0 Å². The van der Waals surface area contributed by atoms with E-state index < -0.39 is 0 Å². The zero-order chi connectivity index (χ0) is 22.2. The van der Waals surface area contributed by atoms with Crippen LogP contribution in [0.2, 0.25) is 5.02 Å². The predicted octanol–water partition coefficient (Wildman–Crippen LogP) is 6.37. The summed E-state index contributed by atoms with van der Waals surface area (Å²) in [5.41, 5.74) is 2.38. The normalized spacial score (nSPS) is 16.3. The lowest BCUT2D eigenvalue weighted by atomic mass is 10.2. The van der Waals surface area contributed by atoms with Gasteiger partial charge in [-0.15, -0.1) is 0 Å². The van der Waals surface area contributed by atoms with E-state index in [4.69, 9.17) is 23.8 Å². The molecule has 0 N–H and O–H groups in total. The molecule has 1 saturated heterocycles. The third-order valence-corrected chi connectivity index (χ3v) is 7.74. The average Bonchev–Trinajstić information content (AvgIpc) is 3.05. The number of hydrogen-bond donors (Lipinski definition) is 0. The number of hydrogen-bond acceptors (Lipinski definition) is 5. The van der Waals surface area contributed by atoms with Crippen LogP contribution in [0.5, 0.6) is 0 Å². The van der Waals surface area contributed by atoms with E-state index in [1.807, 2.05) is 60.7 Å². The molecule has 0 bridgehead atoms. The number of fused-ring (bicyclic) bond motifs is 2. The van der Waals surface area contributed by atoms with Gasteiger partial charge in [0.15, 0.2) is 0 Å². The molecule has 2 amide bonds. The van der Waals surface area contributed by atoms with Crippen LogP contribution < -0.4 is 4.90 Å². The molecule has 8 heteroatoms. The van der Waals surface area contributed by atoms with Crippen LogP contribution in [-0.4, -0.2) is 27.6 Å². The number of anilines is 2. The van der Waals surface area contributed by atoms with Gasteiger partial charge in [0.25, 0.3) is 11.8 Å². The lowest BCUT2D eigenvalue weighted by Gasteiger charge is -2.32. The fourth-order valence-electron chi connectivity index (χ4n) is 3.54. The largest absolute Gasteiger partial charge is 0.283 e. The van der Waals surface area contributed by atoms with E-state index in [0.717, 1.165) is 21.0 Å². The molecule has 0 radical (unpaired) electrons. The number of carbonyl (C=O) groups excluding carboxylic acids is 2. The summed E-state index contributed by atoms with van der Waals surface area (Å²) in [5, 5.41) is 0.540. The molecule has 2 aliphatic rings. The Morgan fingerprint density at radius 3 is 2.47 bits per heavy atom. The summed E-state index contributed by atoms with van der Waals surface area (Å²) in [6.45, 7) is -0.151. The number of nitrogens with zero attached hydrogens (tertiary/aromatic N) is 2. The van der Waals surface area contributed by atoms with Crippen molar-refractivity contribution in [1.29, 1.82) is 0 Å². The maximum absolute atomic E-state index is 13.5. The van der Waals surface area contributed by atoms with Gasteiger partial charge in [-0.05, 0) is 42.0 Å². The van der Waals surface area contributed by atoms with Gasteiger partial charge in [-0.25, -0.2) is 0 Å². The summed E-state index contributed by atoms with van der Waals surface area (Å²) in [4.78, 5) is 32.0. The van der Waals surface area contributed by atoms with Crippen LogP contribution in [-0.2, 0) is 9.59 Å². The maximum Gasteiger partial charge on any atom is 0.266 e. The minimum atomic E-state index is -0.261. The molecule has 3 aromatic carbocycles. The highest BCUT2D eigenvalue weighted by Crippen LogP contribution is 2.49. The summed E-state index contributed by atoms with van der Waals surface area (Å²) in [5.74, 6) is -0.512. The third-order valence-electron chi connectivity index (χ3n) is 5.00. The molecule has 2 heterocycles. The molecule has 3 aromatic rings. The number of rotatable bonds is 3. The number of thiocarbonyl (C=S) groups is 1. The Kier molecular flexibility index (Phi) is 5.82. The quantitative estimate of drug-likeness (QED) is 0.312. The topological polar surface area (TPSA) is 40.6 Å². The molecule has 5 rings (SSSR count). The number of carbonyl (C=O) groups is 2. The Hall–Kier alpha value is -2.58. The average molecular weight is 495 g/mol. The first-order chi connectivity index (χ1) is 15.5. The van der Waals surface area contributed by atoms with Crippen LogP contribution in [0, 0.1) is 0 Å². The van der Waals surface area contributed by atoms with E-state index in [0.29, 0.717) is 19.9 Å². The summed E-state index contributed by atoms with van der Waals surface area (Å²) < 4.78 is 0.372.